The number of fused-ring (bicyclic) bond motifs is 2. The third-order valence-electron chi connectivity index (χ3n) is 7.38. The zero-order chi connectivity index (χ0) is 14.7. The first kappa shape index (κ1) is 12.0. The molecule has 22 heavy (non-hydrogen) atoms. The number of carbonyl (C=O) groups excluding carboxylic acids is 1. The molecule has 1 aromatic carbocycles. The van der Waals surface area contributed by atoms with Crippen LogP contribution in [-0.2, 0) is 16.6 Å². The average molecular weight is 296 g/mol. The maximum Gasteiger partial charge on any atom is 0.174 e. The Morgan fingerprint density at radius 3 is 3.09 bits per heavy atom. The Balaban J connectivity index is 1.68. The summed E-state index contributed by atoms with van der Waals surface area (Å²) in [5, 5.41) is 0. The SMILES string of the molecule is COc1ccc2c3c1O[C@H]1C(=O)CC[C@@H]4C[C@@]31CC1(C2)C[C@@H]41. The number of hydrogen-bond donors (Lipinski definition) is 0. The summed E-state index contributed by atoms with van der Waals surface area (Å²) < 4.78 is 11.8. The number of hydrogen-bond acceptors (Lipinski definition) is 3. The van der Waals surface area contributed by atoms with Crippen LogP contribution in [0.5, 0.6) is 11.5 Å². The lowest BCUT2D eigenvalue weighted by Crippen LogP contribution is -2.50. The predicted octanol–water partition coefficient (Wildman–Crippen LogP) is 3.03. The van der Waals surface area contributed by atoms with Gasteiger partial charge in [-0.25, -0.2) is 0 Å². The maximum atomic E-state index is 12.8. The fourth-order valence-corrected chi connectivity index (χ4v) is 6.67. The lowest BCUT2D eigenvalue weighted by atomic mass is 9.55. The molecule has 3 bridgehead atoms. The number of ketones is 1. The average Bonchev–Trinajstić information content (AvgIpc) is 3.13. The molecule has 5 atom stereocenters. The van der Waals surface area contributed by atoms with Crippen molar-refractivity contribution in [3.05, 3.63) is 23.3 Å². The molecule has 4 aliphatic carbocycles. The Morgan fingerprint density at radius 1 is 1.32 bits per heavy atom. The molecule has 2 spiro atoms. The van der Waals surface area contributed by atoms with Gasteiger partial charge in [0.1, 0.15) is 0 Å². The quantitative estimate of drug-likeness (QED) is 0.799. The zero-order valence-electron chi connectivity index (χ0n) is 12.9. The van der Waals surface area contributed by atoms with E-state index in [9.17, 15) is 4.79 Å². The van der Waals surface area contributed by atoms with Crippen molar-refractivity contribution in [2.24, 2.45) is 17.3 Å². The molecule has 1 aromatic rings. The van der Waals surface area contributed by atoms with E-state index in [1.807, 2.05) is 6.07 Å². The van der Waals surface area contributed by atoms with Crippen molar-refractivity contribution in [2.45, 2.75) is 50.0 Å². The molecule has 1 unspecified atom stereocenters. The highest BCUT2D eigenvalue weighted by atomic mass is 16.5. The topological polar surface area (TPSA) is 35.5 Å². The molecule has 0 aromatic heterocycles. The summed E-state index contributed by atoms with van der Waals surface area (Å²) >= 11 is 0. The van der Waals surface area contributed by atoms with Crippen molar-refractivity contribution in [1.29, 1.82) is 0 Å². The van der Waals surface area contributed by atoms with E-state index < -0.39 is 0 Å². The number of methoxy groups -OCH3 is 1. The van der Waals surface area contributed by atoms with Crippen LogP contribution in [0.2, 0.25) is 0 Å². The summed E-state index contributed by atoms with van der Waals surface area (Å²) in [5.41, 5.74) is 3.22. The van der Waals surface area contributed by atoms with Gasteiger partial charge < -0.3 is 9.47 Å². The van der Waals surface area contributed by atoms with Crippen molar-refractivity contribution < 1.29 is 14.3 Å². The third kappa shape index (κ3) is 1.11. The Labute approximate surface area is 130 Å². The van der Waals surface area contributed by atoms with Gasteiger partial charge in [-0.15, -0.1) is 0 Å². The normalized spacial score (nSPS) is 45.7. The van der Waals surface area contributed by atoms with Crippen molar-refractivity contribution >= 4 is 5.78 Å². The van der Waals surface area contributed by atoms with Crippen LogP contribution in [0.4, 0.5) is 0 Å². The summed E-state index contributed by atoms with van der Waals surface area (Å²) in [5.74, 6) is 3.61. The van der Waals surface area contributed by atoms with E-state index in [-0.39, 0.29) is 11.5 Å². The first-order chi connectivity index (χ1) is 10.7. The van der Waals surface area contributed by atoms with Gasteiger partial charge in [0, 0.05) is 17.4 Å². The minimum atomic E-state index is -0.249. The highest BCUT2D eigenvalue weighted by Gasteiger charge is 2.72. The van der Waals surface area contributed by atoms with Crippen molar-refractivity contribution in [2.75, 3.05) is 7.11 Å². The van der Waals surface area contributed by atoms with Crippen LogP contribution in [0.25, 0.3) is 0 Å². The van der Waals surface area contributed by atoms with Gasteiger partial charge in [0.25, 0.3) is 0 Å². The van der Waals surface area contributed by atoms with Gasteiger partial charge in [0.15, 0.2) is 23.4 Å². The van der Waals surface area contributed by atoms with Gasteiger partial charge in [-0.2, -0.15) is 0 Å². The fourth-order valence-electron chi connectivity index (χ4n) is 6.67. The molecule has 0 saturated heterocycles. The van der Waals surface area contributed by atoms with Gasteiger partial charge in [0.05, 0.1) is 7.11 Å². The summed E-state index contributed by atoms with van der Waals surface area (Å²) in [7, 11) is 1.69. The molecule has 1 aliphatic heterocycles. The van der Waals surface area contributed by atoms with E-state index in [4.69, 9.17) is 9.47 Å². The second-order valence-electron chi connectivity index (χ2n) is 8.28. The molecular formula is C19H20O3. The molecule has 0 N–H and O–H groups in total. The summed E-state index contributed by atoms with van der Waals surface area (Å²) in [4.78, 5) is 12.8. The smallest absolute Gasteiger partial charge is 0.174 e. The molecule has 3 nitrogen and oxygen atoms in total. The summed E-state index contributed by atoms with van der Waals surface area (Å²) in [6.07, 6.45) is 6.43. The van der Waals surface area contributed by atoms with E-state index >= 15 is 0 Å². The second-order valence-corrected chi connectivity index (χ2v) is 8.28. The zero-order valence-corrected chi connectivity index (χ0v) is 12.9. The van der Waals surface area contributed by atoms with Crippen molar-refractivity contribution in [3.63, 3.8) is 0 Å². The Kier molecular flexibility index (Phi) is 1.83. The molecule has 0 amide bonds. The van der Waals surface area contributed by atoms with E-state index in [0.717, 1.165) is 36.2 Å². The predicted molar refractivity (Wildman–Crippen MR) is 80.3 cm³/mol. The van der Waals surface area contributed by atoms with Gasteiger partial charge in [-0.3, -0.25) is 4.79 Å². The standard InChI is InChI=1S/C19H20O3/c1-21-14-5-3-11-6-18-8-12(18)10-2-4-13(20)17-19(7-10,9-18)15(11)16(14)22-17/h3,5,10,12,17H,2,4,6-9H2,1H3/t10-,12+,17+,18?,19-/m1/s1. The van der Waals surface area contributed by atoms with E-state index in [2.05, 4.69) is 6.07 Å². The monoisotopic (exact) mass is 296 g/mol. The van der Waals surface area contributed by atoms with Gasteiger partial charge in [0.2, 0.25) is 0 Å². The van der Waals surface area contributed by atoms with Crippen LogP contribution in [0.3, 0.4) is 0 Å². The number of rotatable bonds is 1. The van der Waals surface area contributed by atoms with E-state index in [1.165, 1.54) is 30.4 Å². The first-order valence-corrected chi connectivity index (χ1v) is 8.57. The molecule has 3 fully saturated rings. The van der Waals surface area contributed by atoms with Gasteiger partial charge in [-0.1, -0.05) is 6.07 Å². The second kappa shape index (κ2) is 3.37. The Morgan fingerprint density at radius 2 is 2.23 bits per heavy atom. The van der Waals surface area contributed by atoms with Crippen LogP contribution in [-0.4, -0.2) is 19.0 Å². The molecule has 0 radical (unpaired) electrons. The number of benzene rings is 1. The van der Waals surface area contributed by atoms with Crippen molar-refractivity contribution in [1.82, 2.24) is 0 Å². The third-order valence-corrected chi connectivity index (χ3v) is 7.38. The minimum Gasteiger partial charge on any atom is -0.493 e. The Hall–Kier alpha value is -1.51. The molecule has 3 saturated carbocycles. The first-order valence-electron chi connectivity index (χ1n) is 8.57. The largest absolute Gasteiger partial charge is 0.493 e. The van der Waals surface area contributed by atoms with Crippen molar-refractivity contribution in [3.8, 4) is 11.5 Å². The van der Waals surface area contributed by atoms with Crippen LogP contribution in [0, 0.1) is 17.3 Å². The lowest BCUT2D eigenvalue weighted by Gasteiger charge is -2.46. The number of ether oxygens (including phenoxy) is 2. The molecule has 5 aliphatic rings. The Bertz CT molecular complexity index is 738. The summed E-state index contributed by atoms with van der Waals surface area (Å²) in [6.45, 7) is 0. The summed E-state index contributed by atoms with van der Waals surface area (Å²) in [6, 6.07) is 4.27. The molecule has 6 rings (SSSR count). The van der Waals surface area contributed by atoms with Crippen LogP contribution < -0.4 is 9.47 Å². The lowest BCUT2D eigenvalue weighted by molar-refractivity contribution is -0.127. The maximum absolute atomic E-state index is 12.8. The van der Waals surface area contributed by atoms with Crippen LogP contribution in [0.15, 0.2) is 12.1 Å². The fraction of sp³-hybridized carbons (Fsp3) is 0.632. The molecule has 114 valence electrons. The minimum absolute atomic E-state index is 0.0390. The molecular weight excluding hydrogens is 276 g/mol. The van der Waals surface area contributed by atoms with Crippen LogP contribution >= 0.6 is 0 Å². The van der Waals surface area contributed by atoms with Gasteiger partial charge in [-0.05, 0) is 61.0 Å². The molecule has 1 heterocycles. The number of Topliss-reactive ketones (excluding diaryl/α,β-unsaturated/α-hetero) is 1. The molecule has 3 heteroatoms. The van der Waals surface area contributed by atoms with E-state index in [1.54, 1.807) is 7.11 Å². The van der Waals surface area contributed by atoms with Crippen LogP contribution in [0.1, 0.15) is 43.2 Å². The van der Waals surface area contributed by atoms with Gasteiger partial charge >= 0.3 is 0 Å². The number of carbonyl (C=O) groups is 1. The highest BCUT2D eigenvalue weighted by molar-refractivity contribution is 5.88. The van der Waals surface area contributed by atoms with E-state index in [0.29, 0.717) is 17.6 Å². The highest BCUT2D eigenvalue weighted by Crippen LogP contribution is 2.76.